The van der Waals surface area contributed by atoms with Gasteiger partial charge in [-0.15, -0.1) is 0 Å². The second-order valence-corrected chi connectivity index (χ2v) is 5.60. The topological polar surface area (TPSA) is 53.1 Å². The molecule has 0 saturated heterocycles. The maximum atomic E-state index is 6.07. The van der Waals surface area contributed by atoms with Crippen molar-refractivity contribution in [2.75, 3.05) is 12.8 Å². The largest absolute Gasteiger partial charge is 0.497 e. The molecule has 0 fully saturated rings. The molecule has 4 aromatic rings. The number of benzene rings is 2. The molecule has 0 radical (unpaired) electrons. The van der Waals surface area contributed by atoms with Crippen molar-refractivity contribution in [1.82, 2.24) is 9.55 Å². The second-order valence-electron chi connectivity index (χ2n) is 5.60. The second kappa shape index (κ2) is 5.02. The van der Waals surface area contributed by atoms with Crippen LogP contribution in [0.4, 0.5) is 5.82 Å². The molecule has 0 saturated carbocycles. The zero-order valence-electron chi connectivity index (χ0n) is 13.1. The van der Waals surface area contributed by atoms with Crippen LogP contribution in [0.25, 0.3) is 33.1 Å². The number of nitrogen functional groups attached to an aromatic ring is 1. The van der Waals surface area contributed by atoms with E-state index in [1.165, 1.54) is 10.9 Å². The number of rotatable bonds is 2. The van der Waals surface area contributed by atoms with Gasteiger partial charge in [-0.1, -0.05) is 18.2 Å². The fourth-order valence-corrected chi connectivity index (χ4v) is 3.17. The van der Waals surface area contributed by atoms with E-state index < -0.39 is 0 Å². The summed E-state index contributed by atoms with van der Waals surface area (Å²) in [5, 5.41) is 2.32. The molecule has 4 heteroatoms. The minimum Gasteiger partial charge on any atom is -0.497 e. The Hall–Kier alpha value is -3.01. The van der Waals surface area contributed by atoms with Gasteiger partial charge in [0.15, 0.2) is 0 Å². The molecule has 0 amide bonds. The quantitative estimate of drug-likeness (QED) is 0.609. The molecule has 114 valence electrons. The molecule has 0 bridgehead atoms. The first kappa shape index (κ1) is 13.6. The van der Waals surface area contributed by atoms with E-state index in [0.717, 1.165) is 27.9 Å². The number of fused-ring (bicyclic) bond motifs is 3. The van der Waals surface area contributed by atoms with E-state index in [9.17, 15) is 0 Å². The van der Waals surface area contributed by atoms with Crippen LogP contribution in [0.15, 0.2) is 54.6 Å². The Morgan fingerprint density at radius 3 is 2.48 bits per heavy atom. The highest BCUT2D eigenvalue weighted by atomic mass is 16.5. The number of pyridine rings is 1. The van der Waals surface area contributed by atoms with E-state index in [1.807, 2.05) is 42.5 Å². The van der Waals surface area contributed by atoms with Crippen LogP contribution in [0.5, 0.6) is 5.75 Å². The first-order valence-electron chi connectivity index (χ1n) is 7.47. The van der Waals surface area contributed by atoms with Gasteiger partial charge in [0, 0.05) is 28.9 Å². The van der Waals surface area contributed by atoms with E-state index in [4.69, 9.17) is 10.5 Å². The minimum atomic E-state index is 0.527. The predicted molar refractivity (Wildman–Crippen MR) is 94.6 cm³/mol. The smallest absolute Gasteiger partial charge is 0.124 e. The third-order valence-corrected chi connectivity index (χ3v) is 4.27. The van der Waals surface area contributed by atoms with Crippen LogP contribution in [-0.4, -0.2) is 16.7 Å². The van der Waals surface area contributed by atoms with Gasteiger partial charge < -0.3 is 15.0 Å². The van der Waals surface area contributed by atoms with Crippen LogP contribution >= 0.6 is 0 Å². The molecule has 2 heterocycles. The lowest BCUT2D eigenvalue weighted by Gasteiger charge is -2.08. The van der Waals surface area contributed by atoms with E-state index in [1.54, 1.807) is 7.11 Å². The highest BCUT2D eigenvalue weighted by Crippen LogP contribution is 2.35. The third kappa shape index (κ3) is 2.03. The first-order chi connectivity index (χ1) is 11.2. The van der Waals surface area contributed by atoms with Gasteiger partial charge in [0.25, 0.3) is 0 Å². The van der Waals surface area contributed by atoms with Gasteiger partial charge in [-0.2, -0.15) is 0 Å². The van der Waals surface area contributed by atoms with Gasteiger partial charge in [0.05, 0.1) is 18.3 Å². The normalized spacial score (nSPS) is 11.2. The molecule has 0 unspecified atom stereocenters. The van der Waals surface area contributed by atoms with Crippen molar-refractivity contribution < 1.29 is 4.74 Å². The summed E-state index contributed by atoms with van der Waals surface area (Å²) in [5.74, 6) is 1.35. The van der Waals surface area contributed by atoms with Crippen molar-refractivity contribution in [3.8, 4) is 17.0 Å². The maximum absolute atomic E-state index is 6.07. The summed E-state index contributed by atoms with van der Waals surface area (Å²) in [5.41, 5.74) is 10.2. The molecule has 2 aromatic carbocycles. The summed E-state index contributed by atoms with van der Waals surface area (Å²) in [6.45, 7) is 0. The Morgan fingerprint density at radius 1 is 1.00 bits per heavy atom. The number of aromatic nitrogens is 2. The summed E-state index contributed by atoms with van der Waals surface area (Å²) in [7, 11) is 3.73. The number of nitrogens with zero attached hydrogens (tertiary/aromatic N) is 2. The van der Waals surface area contributed by atoms with E-state index in [0.29, 0.717) is 5.82 Å². The Labute approximate surface area is 134 Å². The van der Waals surface area contributed by atoms with Gasteiger partial charge in [-0.05, 0) is 36.4 Å². The molecule has 0 atom stereocenters. The summed E-state index contributed by atoms with van der Waals surface area (Å²) in [4.78, 5) is 4.60. The molecule has 0 aliphatic rings. The lowest BCUT2D eigenvalue weighted by atomic mass is 10.1. The fraction of sp³-hybridized carbons (Fsp3) is 0.105. The third-order valence-electron chi connectivity index (χ3n) is 4.27. The number of nitrogens with two attached hydrogens (primary N) is 1. The molecule has 0 aliphatic carbocycles. The van der Waals surface area contributed by atoms with Crippen LogP contribution in [0.1, 0.15) is 0 Å². The monoisotopic (exact) mass is 303 g/mol. The van der Waals surface area contributed by atoms with Gasteiger partial charge in [0.2, 0.25) is 0 Å². The average Bonchev–Trinajstić information content (AvgIpc) is 2.87. The number of hydrogen-bond donors (Lipinski definition) is 1. The van der Waals surface area contributed by atoms with Gasteiger partial charge in [0.1, 0.15) is 11.6 Å². The lowest BCUT2D eigenvalue weighted by Crippen LogP contribution is -1.96. The van der Waals surface area contributed by atoms with Crippen LogP contribution < -0.4 is 10.5 Å². The SMILES string of the molecule is COc1ccc(-c2nc(N)cc3c4ccccc4n(C)c23)cc1. The van der Waals surface area contributed by atoms with Crippen LogP contribution in [0, 0.1) is 0 Å². The van der Waals surface area contributed by atoms with Crippen LogP contribution in [0.2, 0.25) is 0 Å². The molecule has 4 nitrogen and oxygen atoms in total. The number of aryl methyl sites for hydroxylation is 1. The Balaban J connectivity index is 2.09. The van der Waals surface area contributed by atoms with E-state index >= 15 is 0 Å². The van der Waals surface area contributed by atoms with Gasteiger partial charge in [-0.3, -0.25) is 0 Å². The summed E-state index contributed by atoms with van der Waals surface area (Å²) < 4.78 is 7.41. The standard InChI is InChI=1S/C19H17N3O/c1-22-16-6-4-3-5-14(16)15-11-17(20)21-18(19(15)22)12-7-9-13(23-2)10-8-12/h3-11H,1-2H3,(H2,20,21). The fourth-order valence-electron chi connectivity index (χ4n) is 3.17. The van der Waals surface area contributed by atoms with E-state index in [2.05, 4.69) is 28.7 Å². The Morgan fingerprint density at radius 2 is 1.74 bits per heavy atom. The molecule has 0 aliphatic heterocycles. The highest BCUT2D eigenvalue weighted by Gasteiger charge is 2.15. The molecular weight excluding hydrogens is 286 g/mol. The Bertz CT molecular complexity index is 1020. The summed E-state index contributed by atoms with van der Waals surface area (Å²) in [6, 6.07) is 18.2. The molecular formula is C19H17N3O. The van der Waals surface area contributed by atoms with Crippen molar-refractivity contribution in [2.45, 2.75) is 0 Å². The van der Waals surface area contributed by atoms with Crippen molar-refractivity contribution in [1.29, 1.82) is 0 Å². The highest BCUT2D eigenvalue weighted by molar-refractivity contribution is 6.12. The van der Waals surface area contributed by atoms with Crippen LogP contribution in [-0.2, 0) is 7.05 Å². The number of hydrogen-bond acceptors (Lipinski definition) is 3. The molecule has 4 rings (SSSR count). The zero-order valence-corrected chi connectivity index (χ0v) is 13.1. The van der Waals surface area contributed by atoms with Crippen molar-refractivity contribution in [3.05, 3.63) is 54.6 Å². The lowest BCUT2D eigenvalue weighted by molar-refractivity contribution is 0.415. The predicted octanol–water partition coefficient (Wildman–Crippen LogP) is 3.98. The molecule has 0 spiro atoms. The van der Waals surface area contributed by atoms with Crippen molar-refractivity contribution in [2.24, 2.45) is 7.05 Å². The summed E-state index contributed by atoms with van der Waals surface area (Å²) >= 11 is 0. The van der Waals surface area contributed by atoms with Gasteiger partial charge >= 0.3 is 0 Å². The molecule has 2 N–H and O–H groups in total. The van der Waals surface area contributed by atoms with Crippen molar-refractivity contribution >= 4 is 27.6 Å². The Kier molecular flexibility index (Phi) is 2.98. The zero-order chi connectivity index (χ0) is 16.0. The van der Waals surface area contributed by atoms with Gasteiger partial charge in [-0.25, -0.2) is 4.98 Å². The molecule has 2 aromatic heterocycles. The number of anilines is 1. The maximum Gasteiger partial charge on any atom is 0.124 e. The van der Waals surface area contributed by atoms with E-state index in [-0.39, 0.29) is 0 Å². The first-order valence-corrected chi connectivity index (χ1v) is 7.47. The number of methoxy groups -OCH3 is 1. The number of ether oxygens (including phenoxy) is 1. The molecule has 23 heavy (non-hydrogen) atoms. The number of para-hydroxylation sites is 1. The summed E-state index contributed by atoms with van der Waals surface area (Å²) in [6.07, 6.45) is 0. The minimum absolute atomic E-state index is 0.527. The van der Waals surface area contributed by atoms with Crippen molar-refractivity contribution in [3.63, 3.8) is 0 Å². The average molecular weight is 303 g/mol. The van der Waals surface area contributed by atoms with Crippen LogP contribution in [0.3, 0.4) is 0 Å².